The van der Waals surface area contributed by atoms with E-state index in [9.17, 15) is 0 Å². The van der Waals surface area contributed by atoms with Crippen LogP contribution in [0.1, 0.15) is 13.8 Å². The summed E-state index contributed by atoms with van der Waals surface area (Å²) < 4.78 is 5.08. The van der Waals surface area contributed by atoms with E-state index in [0.717, 1.165) is 6.54 Å². The number of hydrogen-bond acceptors (Lipinski definition) is 5. The molecule has 1 aromatic heterocycles. The first-order chi connectivity index (χ1) is 6.69. The molecule has 14 heavy (non-hydrogen) atoms. The Hall–Kier alpha value is -1.30. The van der Waals surface area contributed by atoms with Crippen LogP contribution in [0.5, 0.6) is 0 Å². The van der Waals surface area contributed by atoms with Crippen LogP contribution < -0.4 is 10.6 Å². The quantitative estimate of drug-likeness (QED) is 0.710. The van der Waals surface area contributed by atoms with Crippen molar-refractivity contribution < 1.29 is 4.74 Å². The molecular formula is C8H17N5O. The van der Waals surface area contributed by atoms with E-state index >= 15 is 0 Å². The maximum Gasteiger partial charge on any atom is 0.246 e. The number of nitrogens with zero attached hydrogens (tertiary/aromatic N) is 3. The van der Waals surface area contributed by atoms with Gasteiger partial charge in [0.05, 0.1) is 12.6 Å². The molecule has 0 saturated heterocycles. The average Bonchev–Trinajstić information content (AvgIpc) is 2.54. The van der Waals surface area contributed by atoms with Gasteiger partial charge in [-0.15, -0.1) is 5.10 Å². The molecule has 1 atom stereocenters. The van der Waals surface area contributed by atoms with E-state index in [1.807, 2.05) is 11.8 Å². The Balaban J connectivity index is 2.71. The third-order valence-corrected chi connectivity index (χ3v) is 2.03. The molecule has 0 saturated carbocycles. The summed E-state index contributed by atoms with van der Waals surface area (Å²) in [5.74, 6) is 0.956. The monoisotopic (exact) mass is 199 g/mol. The molecule has 0 aromatic carbocycles. The molecule has 1 heterocycles. The normalized spacial score (nSPS) is 12.8. The second kappa shape index (κ2) is 4.80. The van der Waals surface area contributed by atoms with Gasteiger partial charge >= 0.3 is 0 Å². The zero-order valence-corrected chi connectivity index (χ0v) is 8.82. The van der Waals surface area contributed by atoms with Crippen molar-refractivity contribution >= 4 is 11.9 Å². The molecule has 0 aliphatic carbocycles. The second-order valence-electron chi connectivity index (χ2n) is 3.11. The maximum absolute atomic E-state index is 5.46. The fourth-order valence-electron chi connectivity index (χ4n) is 1.37. The van der Waals surface area contributed by atoms with Crippen molar-refractivity contribution in [1.82, 2.24) is 15.2 Å². The highest BCUT2D eigenvalue weighted by molar-refractivity contribution is 5.34. The first-order valence-corrected chi connectivity index (χ1v) is 4.62. The number of H-pyrrole nitrogens is 1. The summed E-state index contributed by atoms with van der Waals surface area (Å²) in [7, 11) is 1.68. The Morgan fingerprint density at radius 2 is 2.36 bits per heavy atom. The van der Waals surface area contributed by atoms with Crippen molar-refractivity contribution in [2.75, 3.05) is 30.9 Å². The number of ether oxygens (including phenoxy) is 1. The van der Waals surface area contributed by atoms with E-state index in [1.54, 1.807) is 7.11 Å². The molecule has 0 amide bonds. The van der Waals surface area contributed by atoms with Gasteiger partial charge < -0.3 is 15.4 Å². The molecule has 6 nitrogen and oxygen atoms in total. The summed E-state index contributed by atoms with van der Waals surface area (Å²) in [6.07, 6.45) is 0. The molecule has 0 aliphatic heterocycles. The van der Waals surface area contributed by atoms with E-state index in [4.69, 9.17) is 10.5 Å². The summed E-state index contributed by atoms with van der Waals surface area (Å²) in [5.41, 5.74) is 5.46. The van der Waals surface area contributed by atoms with Gasteiger partial charge in [-0.05, 0) is 13.8 Å². The van der Waals surface area contributed by atoms with Crippen LogP contribution in [0.15, 0.2) is 0 Å². The van der Waals surface area contributed by atoms with Gasteiger partial charge in [0.15, 0.2) is 0 Å². The zero-order chi connectivity index (χ0) is 10.6. The predicted octanol–water partition coefficient (Wildman–Crippen LogP) is 0.248. The number of nitrogens with one attached hydrogen (secondary N) is 1. The van der Waals surface area contributed by atoms with Gasteiger partial charge in [0.2, 0.25) is 11.9 Å². The molecule has 1 aromatic rings. The summed E-state index contributed by atoms with van der Waals surface area (Å²) in [4.78, 5) is 6.09. The van der Waals surface area contributed by atoms with Gasteiger partial charge in [0.1, 0.15) is 0 Å². The fourth-order valence-corrected chi connectivity index (χ4v) is 1.37. The molecule has 0 spiro atoms. The molecular weight excluding hydrogens is 182 g/mol. The topological polar surface area (TPSA) is 80.1 Å². The Morgan fingerprint density at radius 1 is 1.64 bits per heavy atom. The standard InChI is InChI=1S/C8H17N5O/c1-4-13(6(2)5-14-3)8-10-7(9)11-12-8/h6H,4-5H2,1-3H3,(H3,9,10,11,12). The van der Waals surface area contributed by atoms with Crippen molar-refractivity contribution in [2.24, 2.45) is 0 Å². The lowest BCUT2D eigenvalue weighted by molar-refractivity contribution is 0.181. The number of nitrogen functional groups attached to an aromatic ring is 1. The highest BCUT2D eigenvalue weighted by atomic mass is 16.5. The summed E-state index contributed by atoms with van der Waals surface area (Å²) in [6.45, 7) is 5.56. The molecule has 1 rings (SSSR count). The van der Waals surface area contributed by atoms with E-state index in [1.165, 1.54) is 0 Å². The number of nitrogens with two attached hydrogens (primary N) is 1. The van der Waals surface area contributed by atoms with E-state index < -0.39 is 0 Å². The Morgan fingerprint density at radius 3 is 2.79 bits per heavy atom. The highest BCUT2D eigenvalue weighted by Gasteiger charge is 2.16. The van der Waals surface area contributed by atoms with Crippen molar-refractivity contribution in [2.45, 2.75) is 19.9 Å². The number of likely N-dealkylation sites (N-methyl/N-ethyl adjacent to an activating group) is 1. The fraction of sp³-hybridized carbons (Fsp3) is 0.750. The maximum atomic E-state index is 5.46. The van der Waals surface area contributed by atoms with Crippen LogP contribution in [-0.2, 0) is 4.74 Å². The van der Waals surface area contributed by atoms with Crippen molar-refractivity contribution in [1.29, 1.82) is 0 Å². The minimum absolute atomic E-state index is 0.236. The smallest absolute Gasteiger partial charge is 0.246 e. The van der Waals surface area contributed by atoms with Crippen LogP contribution in [0.4, 0.5) is 11.9 Å². The lowest BCUT2D eigenvalue weighted by Gasteiger charge is -2.25. The molecule has 0 aliphatic rings. The van der Waals surface area contributed by atoms with Crippen LogP contribution in [0, 0.1) is 0 Å². The van der Waals surface area contributed by atoms with Gasteiger partial charge in [-0.1, -0.05) is 0 Å². The summed E-state index contributed by atoms with van der Waals surface area (Å²) >= 11 is 0. The van der Waals surface area contributed by atoms with Crippen LogP contribution in [-0.4, -0.2) is 41.5 Å². The van der Waals surface area contributed by atoms with Crippen LogP contribution >= 0.6 is 0 Å². The molecule has 0 radical (unpaired) electrons. The van der Waals surface area contributed by atoms with Crippen molar-refractivity contribution in [3.63, 3.8) is 0 Å². The highest BCUT2D eigenvalue weighted by Crippen LogP contribution is 2.11. The number of anilines is 2. The van der Waals surface area contributed by atoms with Crippen molar-refractivity contribution in [3.05, 3.63) is 0 Å². The largest absolute Gasteiger partial charge is 0.383 e. The van der Waals surface area contributed by atoms with Gasteiger partial charge in [0.25, 0.3) is 0 Å². The first-order valence-electron chi connectivity index (χ1n) is 4.62. The van der Waals surface area contributed by atoms with Gasteiger partial charge in [-0.25, -0.2) is 5.10 Å². The Bertz CT molecular complexity index is 274. The van der Waals surface area contributed by atoms with E-state index in [0.29, 0.717) is 18.5 Å². The first kappa shape index (κ1) is 10.8. The average molecular weight is 199 g/mol. The predicted molar refractivity (Wildman–Crippen MR) is 55.2 cm³/mol. The lowest BCUT2D eigenvalue weighted by atomic mass is 10.3. The summed E-state index contributed by atoms with van der Waals surface area (Å²) in [5, 5.41) is 6.61. The Kier molecular flexibility index (Phi) is 3.70. The van der Waals surface area contributed by atoms with Crippen molar-refractivity contribution in [3.8, 4) is 0 Å². The van der Waals surface area contributed by atoms with Crippen LogP contribution in [0.3, 0.4) is 0 Å². The Labute approximate surface area is 83.5 Å². The van der Waals surface area contributed by atoms with Crippen LogP contribution in [0.2, 0.25) is 0 Å². The minimum Gasteiger partial charge on any atom is -0.383 e. The molecule has 6 heteroatoms. The van der Waals surface area contributed by atoms with Crippen LogP contribution in [0.25, 0.3) is 0 Å². The third-order valence-electron chi connectivity index (χ3n) is 2.03. The molecule has 1 unspecified atom stereocenters. The number of rotatable bonds is 5. The SMILES string of the molecule is CCN(c1n[nH]c(N)n1)C(C)COC. The number of methoxy groups -OCH3 is 1. The van der Waals surface area contributed by atoms with E-state index in [2.05, 4.69) is 22.1 Å². The minimum atomic E-state index is 0.236. The van der Waals surface area contributed by atoms with E-state index in [-0.39, 0.29) is 6.04 Å². The van der Waals surface area contributed by atoms with Gasteiger partial charge in [-0.2, -0.15) is 4.98 Å². The lowest BCUT2D eigenvalue weighted by Crippen LogP contribution is -2.36. The second-order valence-corrected chi connectivity index (χ2v) is 3.11. The zero-order valence-electron chi connectivity index (χ0n) is 8.82. The third kappa shape index (κ3) is 2.35. The molecule has 80 valence electrons. The van der Waals surface area contributed by atoms with Gasteiger partial charge in [0, 0.05) is 13.7 Å². The number of aromatic nitrogens is 3. The molecule has 0 fully saturated rings. The number of hydrogen-bond donors (Lipinski definition) is 2. The molecule has 3 N–H and O–H groups in total. The van der Waals surface area contributed by atoms with Gasteiger partial charge in [-0.3, -0.25) is 0 Å². The summed E-state index contributed by atoms with van der Waals surface area (Å²) in [6, 6.07) is 0.236. The number of aromatic amines is 1. The molecule has 0 bridgehead atoms.